The lowest BCUT2D eigenvalue weighted by Gasteiger charge is -2.14. The van der Waals surface area contributed by atoms with Crippen LogP contribution in [0.4, 0.5) is 10.2 Å². The lowest BCUT2D eigenvalue weighted by Crippen LogP contribution is -2.31. The van der Waals surface area contributed by atoms with Crippen LogP contribution >= 0.6 is 0 Å². The molecule has 8 nitrogen and oxygen atoms in total. The first-order valence-electron chi connectivity index (χ1n) is 5.44. The summed E-state index contributed by atoms with van der Waals surface area (Å²) < 4.78 is 20.4. The summed E-state index contributed by atoms with van der Waals surface area (Å²) >= 11 is 0. The van der Waals surface area contributed by atoms with Crippen molar-refractivity contribution in [3.63, 3.8) is 0 Å². The number of anilines is 1. The molecular weight excluding hydrogens is 259 g/mol. The molecule has 9 heteroatoms. The third-order valence-electron chi connectivity index (χ3n) is 2.65. The standard InChI is InChI=1S/C10H13FN4O4/c1-18-14-8-5(4-16)19-9(7(8)11)15-3-2-6(12)13-10(15)17/h2-3,5,7,9,16H,4H2,1H3,(H2,12,13,17)/b14-8-/t5-,7-,9-/m1/s1. The van der Waals surface area contributed by atoms with Gasteiger partial charge in [0.2, 0.25) is 0 Å². The summed E-state index contributed by atoms with van der Waals surface area (Å²) in [5, 5.41) is 12.6. The normalized spacial score (nSPS) is 28.8. The minimum absolute atomic E-state index is 0.0270. The summed E-state index contributed by atoms with van der Waals surface area (Å²) in [6.07, 6.45) is -2.68. The van der Waals surface area contributed by atoms with Crippen LogP contribution in [0.15, 0.2) is 22.2 Å². The molecule has 104 valence electrons. The van der Waals surface area contributed by atoms with Crippen molar-refractivity contribution in [3.05, 3.63) is 22.7 Å². The molecule has 1 aliphatic rings. The molecular formula is C10H13FN4O4. The summed E-state index contributed by atoms with van der Waals surface area (Å²) in [5.74, 6) is 0.0270. The van der Waals surface area contributed by atoms with E-state index in [0.29, 0.717) is 0 Å². The first kappa shape index (κ1) is 13.4. The summed E-state index contributed by atoms with van der Waals surface area (Å²) in [4.78, 5) is 19.6. The Morgan fingerprint density at radius 2 is 2.47 bits per heavy atom. The highest BCUT2D eigenvalue weighted by molar-refractivity contribution is 5.94. The maximum absolute atomic E-state index is 14.2. The van der Waals surface area contributed by atoms with Gasteiger partial charge < -0.3 is 20.4 Å². The molecule has 3 atom stereocenters. The molecule has 1 aromatic rings. The molecule has 0 amide bonds. The minimum Gasteiger partial charge on any atom is -0.399 e. The lowest BCUT2D eigenvalue weighted by molar-refractivity contribution is -0.0364. The maximum Gasteiger partial charge on any atom is 0.351 e. The van der Waals surface area contributed by atoms with Crippen molar-refractivity contribution in [2.45, 2.75) is 18.5 Å². The Labute approximate surface area is 107 Å². The van der Waals surface area contributed by atoms with Gasteiger partial charge in [0.25, 0.3) is 0 Å². The van der Waals surface area contributed by atoms with Crippen LogP contribution in [0.1, 0.15) is 6.23 Å². The minimum atomic E-state index is -1.72. The second kappa shape index (κ2) is 5.33. The number of nitrogens with two attached hydrogens (primary N) is 1. The molecule has 2 rings (SSSR count). The lowest BCUT2D eigenvalue weighted by atomic mass is 10.2. The number of rotatable bonds is 3. The molecule has 1 fully saturated rings. The number of oxime groups is 1. The van der Waals surface area contributed by atoms with Crippen LogP contribution in [0, 0.1) is 0 Å². The van der Waals surface area contributed by atoms with E-state index < -0.39 is 30.8 Å². The van der Waals surface area contributed by atoms with Crippen LogP contribution in [0.3, 0.4) is 0 Å². The Bertz CT molecular complexity index is 547. The first-order valence-corrected chi connectivity index (χ1v) is 5.44. The number of alkyl halides is 1. The Morgan fingerprint density at radius 1 is 1.74 bits per heavy atom. The Balaban J connectivity index is 2.36. The van der Waals surface area contributed by atoms with Crippen molar-refractivity contribution in [1.29, 1.82) is 0 Å². The van der Waals surface area contributed by atoms with Crippen molar-refractivity contribution >= 4 is 11.5 Å². The predicted molar refractivity (Wildman–Crippen MR) is 63.2 cm³/mol. The average molecular weight is 272 g/mol. The summed E-state index contributed by atoms with van der Waals surface area (Å²) in [5.41, 5.74) is 4.49. The third-order valence-corrected chi connectivity index (χ3v) is 2.65. The van der Waals surface area contributed by atoms with Crippen LogP contribution in [-0.2, 0) is 9.57 Å². The SMILES string of the molecule is CO/N=C1\[C@@H](F)[C@H](n2ccc(N)nc2=O)O[C@@H]1CO. The van der Waals surface area contributed by atoms with Crippen LogP contribution < -0.4 is 11.4 Å². The van der Waals surface area contributed by atoms with Gasteiger partial charge in [-0.15, -0.1) is 0 Å². The number of hydrogen-bond donors (Lipinski definition) is 2. The molecule has 3 N–H and O–H groups in total. The molecule has 0 aromatic carbocycles. The highest BCUT2D eigenvalue weighted by atomic mass is 19.1. The molecule has 0 saturated carbocycles. The predicted octanol–water partition coefficient (Wildman–Crippen LogP) is -0.944. The molecule has 1 aromatic heterocycles. The highest BCUT2D eigenvalue weighted by Crippen LogP contribution is 2.28. The van der Waals surface area contributed by atoms with E-state index in [4.69, 9.17) is 15.6 Å². The summed E-state index contributed by atoms with van der Waals surface area (Å²) in [6, 6.07) is 1.34. The van der Waals surface area contributed by atoms with Gasteiger partial charge in [0.05, 0.1) is 6.61 Å². The topological polar surface area (TPSA) is 112 Å². The van der Waals surface area contributed by atoms with E-state index in [0.717, 1.165) is 4.57 Å². The number of nitrogens with zero attached hydrogens (tertiary/aromatic N) is 3. The van der Waals surface area contributed by atoms with Gasteiger partial charge in [-0.25, -0.2) is 9.18 Å². The number of nitrogen functional groups attached to an aromatic ring is 1. The monoisotopic (exact) mass is 272 g/mol. The Hall–Kier alpha value is -2.00. The number of ether oxygens (including phenoxy) is 1. The summed E-state index contributed by atoms with van der Waals surface area (Å²) in [6.45, 7) is -0.476. The van der Waals surface area contributed by atoms with E-state index in [1.165, 1.54) is 19.4 Å². The van der Waals surface area contributed by atoms with Gasteiger partial charge in [-0.3, -0.25) is 4.57 Å². The van der Waals surface area contributed by atoms with E-state index in [2.05, 4.69) is 15.0 Å². The smallest absolute Gasteiger partial charge is 0.351 e. The second-order valence-corrected chi connectivity index (χ2v) is 3.84. The molecule has 0 bridgehead atoms. The zero-order valence-corrected chi connectivity index (χ0v) is 10.1. The van der Waals surface area contributed by atoms with E-state index in [1.54, 1.807) is 0 Å². The van der Waals surface area contributed by atoms with Crippen molar-refractivity contribution in [1.82, 2.24) is 9.55 Å². The van der Waals surface area contributed by atoms with Crippen LogP contribution in [0.2, 0.25) is 0 Å². The van der Waals surface area contributed by atoms with Gasteiger partial charge in [-0.05, 0) is 6.07 Å². The number of hydrogen-bond acceptors (Lipinski definition) is 7. The zero-order chi connectivity index (χ0) is 14.0. The quantitative estimate of drug-likeness (QED) is 0.686. The average Bonchev–Trinajstić information content (AvgIpc) is 2.68. The molecule has 1 aliphatic heterocycles. The largest absolute Gasteiger partial charge is 0.399 e. The molecule has 19 heavy (non-hydrogen) atoms. The van der Waals surface area contributed by atoms with Gasteiger partial charge in [0.15, 0.2) is 12.4 Å². The maximum atomic E-state index is 14.2. The fourth-order valence-corrected chi connectivity index (χ4v) is 1.81. The fraction of sp³-hybridized carbons (Fsp3) is 0.500. The van der Waals surface area contributed by atoms with E-state index in [1.807, 2.05) is 0 Å². The van der Waals surface area contributed by atoms with E-state index in [9.17, 15) is 9.18 Å². The van der Waals surface area contributed by atoms with Gasteiger partial charge >= 0.3 is 5.69 Å². The number of aromatic nitrogens is 2. The molecule has 0 aliphatic carbocycles. The zero-order valence-electron chi connectivity index (χ0n) is 10.1. The van der Waals surface area contributed by atoms with Crippen molar-refractivity contribution in [2.24, 2.45) is 5.16 Å². The van der Waals surface area contributed by atoms with Gasteiger partial charge in [0, 0.05) is 6.20 Å². The first-order chi connectivity index (χ1) is 9.08. The third kappa shape index (κ3) is 2.42. The van der Waals surface area contributed by atoms with Crippen LogP contribution in [0.5, 0.6) is 0 Å². The van der Waals surface area contributed by atoms with Crippen LogP contribution in [0.25, 0.3) is 0 Å². The number of aliphatic hydroxyl groups is 1. The molecule has 2 heterocycles. The van der Waals surface area contributed by atoms with Crippen LogP contribution in [-0.4, -0.2) is 46.4 Å². The van der Waals surface area contributed by atoms with Gasteiger partial charge in [-0.2, -0.15) is 4.98 Å². The Morgan fingerprint density at radius 3 is 3.05 bits per heavy atom. The van der Waals surface area contributed by atoms with E-state index in [-0.39, 0.29) is 11.5 Å². The molecule has 0 radical (unpaired) electrons. The van der Waals surface area contributed by atoms with Crippen molar-refractivity contribution in [3.8, 4) is 0 Å². The molecule has 1 saturated heterocycles. The molecule has 0 spiro atoms. The van der Waals surface area contributed by atoms with E-state index >= 15 is 0 Å². The number of halogens is 1. The Kier molecular flexibility index (Phi) is 3.76. The van der Waals surface area contributed by atoms with Gasteiger partial charge in [0.1, 0.15) is 24.7 Å². The van der Waals surface area contributed by atoms with Crippen molar-refractivity contribution < 1.29 is 19.1 Å². The second-order valence-electron chi connectivity index (χ2n) is 3.84. The fourth-order valence-electron chi connectivity index (χ4n) is 1.81. The van der Waals surface area contributed by atoms with Gasteiger partial charge in [-0.1, -0.05) is 5.16 Å². The highest BCUT2D eigenvalue weighted by Gasteiger charge is 2.44. The number of aliphatic hydroxyl groups excluding tert-OH is 1. The molecule has 0 unspecified atom stereocenters. The summed E-state index contributed by atoms with van der Waals surface area (Å²) in [7, 11) is 1.25. The van der Waals surface area contributed by atoms with Crippen molar-refractivity contribution in [2.75, 3.05) is 19.5 Å².